The number of hydrogen-bond acceptors (Lipinski definition) is 4. The summed E-state index contributed by atoms with van der Waals surface area (Å²) in [5.41, 5.74) is 10.5. The molecule has 2 aliphatic rings. The van der Waals surface area contributed by atoms with Crippen LogP contribution in [0.2, 0.25) is 0 Å². The predicted molar refractivity (Wildman–Crippen MR) is 114 cm³/mol. The molecular weight excluding hydrogens is 380 g/mol. The summed E-state index contributed by atoms with van der Waals surface area (Å²) in [6.45, 7) is 2.93. The Bertz CT molecular complexity index is 1160. The van der Waals surface area contributed by atoms with Crippen LogP contribution in [-0.4, -0.2) is 39.9 Å². The number of carbonyl (C=O) groups is 2. The van der Waals surface area contributed by atoms with Crippen molar-refractivity contribution in [1.82, 2.24) is 15.2 Å². The second-order valence-corrected chi connectivity index (χ2v) is 8.23. The van der Waals surface area contributed by atoms with E-state index < -0.39 is 0 Å². The summed E-state index contributed by atoms with van der Waals surface area (Å²) in [4.78, 5) is 29.4. The summed E-state index contributed by atoms with van der Waals surface area (Å²) in [5.74, 6) is -0.203. The molecule has 0 atom stereocenters. The van der Waals surface area contributed by atoms with E-state index in [1.54, 1.807) is 12.1 Å². The maximum absolute atomic E-state index is 12.3. The van der Waals surface area contributed by atoms with Crippen LogP contribution in [0.1, 0.15) is 34.3 Å². The van der Waals surface area contributed by atoms with Gasteiger partial charge in [0.05, 0.1) is 5.56 Å². The van der Waals surface area contributed by atoms with Crippen LogP contribution in [-0.2, 0) is 17.9 Å². The Balaban J connectivity index is 1.40. The molecule has 7 nitrogen and oxygen atoms in total. The van der Waals surface area contributed by atoms with Crippen LogP contribution in [0, 0.1) is 5.92 Å². The van der Waals surface area contributed by atoms with E-state index in [2.05, 4.69) is 39.5 Å². The van der Waals surface area contributed by atoms with Crippen molar-refractivity contribution in [1.29, 1.82) is 0 Å². The molecule has 2 amide bonds. The number of piperidine rings is 1. The Kier molecular flexibility index (Phi) is 4.47. The first kappa shape index (κ1) is 18.7. The van der Waals surface area contributed by atoms with Gasteiger partial charge in [0, 0.05) is 46.7 Å². The second-order valence-electron chi connectivity index (χ2n) is 8.23. The zero-order valence-corrected chi connectivity index (χ0v) is 16.6. The van der Waals surface area contributed by atoms with Crippen LogP contribution in [0.5, 0.6) is 5.75 Å². The Morgan fingerprint density at radius 2 is 1.97 bits per heavy atom. The van der Waals surface area contributed by atoms with E-state index in [4.69, 9.17) is 5.73 Å². The van der Waals surface area contributed by atoms with Crippen LogP contribution in [0.15, 0.2) is 36.4 Å². The summed E-state index contributed by atoms with van der Waals surface area (Å²) in [5, 5.41) is 13.9. The van der Waals surface area contributed by atoms with Crippen LogP contribution in [0.4, 0.5) is 0 Å². The smallest absolute Gasteiger partial charge is 0.252 e. The number of amides is 2. The second kappa shape index (κ2) is 7.18. The molecular formula is C23H24N4O3. The number of hydrogen-bond donors (Lipinski definition) is 4. The molecule has 0 spiro atoms. The Morgan fingerprint density at radius 3 is 2.73 bits per heavy atom. The van der Waals surface area contributed by atoms with E-state index in [-0.39, 0.29) is 23.5 Å². The highest BCUT2D eigenvalue weighted by Gasteiger charge is 2.27. The third-order valence-electron chi connectivity index (χ3n) is 6.31. The van der Waals surface area contributed by atoms with E-state index in [0.29, 0.717) is 17.7 Å². The van der Waals surface area contributed by atoms with Gasteiger partial charge in [-0.1, -0.05) is 6.07 Å². The van der Waals surface area contributed by atoms with Crippen LogP contribution in [0.3, 0.4) is 0 Å². The molecule has 1 aromatic heterocycles. The zero-order valence-electron chi connectivity index (χ0n) is 16.6. The largest absolute Gasteiger partial charge is 0.508 e. The van der Waals surface area contributed by atoms with Gasteiger partial charge in [0.15, 0.2) is 0 Å². The lowest BCUT2D eigenvalue weighted by Crippen LogP contribution is -2.38. The van der Waals surface area contributed by atoms with E-state index in [1.165, 1.54) is 5.56 Å². The molecule has 1 saturated heterocycles. The lowest BCUT2D eigenvalue weighted by atomic mass is 9.96. The average molecular weight is 404 g/mol. The molecule has 0 unspecified atom stereocenters. The van der Waals surface area contributed by atoms with Crippen molar-refractivity contribution in [3.05, 3.63) is 53.1 Å². The number of likely N-dealkylation sites (tertiary alicyclic amines) is 1. The molecule has 0 radical (unpaired) electrons. The minimum atomic E-state index is -0.190. The third kappa shape index (κ3) is 3.21. The van der Waals surface area contributed by atoms with Crippen molar-refractivity contribution in [2.45, 2.75) is 25.9 Å². The molecule has 0 bridgehead atoms. The summed E-state index contributed by atoms with van der Waals surface area (Å²) in [6.07, 6.45) is 1.64. The fourth-order valence-electron chi connectivity index (χ4n) is 4.62. The standard InChI is InChI=1S/C23H24N4O3/c24-22(29)14-5-7-27(8-6-14)12-13-1-3-18-15(9-13)10-19(26-18)16-2-4-20(28)17-11-25-23(30)21(16)17/h1-4,9-10,14,26,28H,5-8,11-12H2,(H2,24,29)(H,25,30). The van der Waals surface area contributed by atoms with Gasteiger partial charge in [0.2, 0.25) is 5.91 Å². The summed E-state index contributed by atoms with van der Waals surface area (Å²) < 4.78 is 0. The number of rotatable bonds is 4. The molecule has 2 aliphatic heterocycles. The highest BCUT2D eigenvalue weighted by atomic mass is 16.3. The first-order valence-electron chi connectivity index (χ1n) is 10.3. The molecule has 30 heavy (non-hydrogen) atoms. The number of phenols is 1. The number of primary amides is 1. The highest BCUT2D eigenvalue weighted by Crippen LogP contribution is 2.35. The van der Waals surface area contributed by atoms with Crippen molar-refractivity contribution >= 4 is 22.7 Å². The lowest BCUT2D eigenvalue weighted by Gasteiger charge is -2.30. The summed E-state index contributed by atoms with van der Waals surface area (Å²) in [7, 11) is 0. The van der Waals surface area contributed by atoms with Crippen molar-refractivity contribution in [2.24, 2.45) is 11.7 Å². The van der Waals surface area contributed by atoms with Crippen molar-refractivity contribution in [2.75, 3.05) is 13.1 Å². The number of H-pyrrole nitrogens is 1. The number of carbonyl (C=O) groups excluding carboxylic acids is 2. The molecule has 154 valence electrons. The molecule has 5 rings (SSSR count). The molecule has 5 N–H and O–H groups in total. The minimum absolute atomic E-state index is 0.000185. The Labute approximate surface area is 173 Å². The Morgan fingerprint density at radius 1 is 1.17 bits per heavy atom. The molecule has 7 heteroatoms. The number of fused-ring (bicyclic) bond motifs is 2. The number of nitrogens with two attached hydrogens (primary N) is 1. The van der Waals surface area contributed by atoms with Crippen molar-refractivity contribution in [3.63, 3.8) is 0 Å². The molecule has 0 saturated carbocycles. The monoisotopic (exact) mass is 404 g/mol. The molecule has 3 aromatic rings. The fraction of sp³-hybridized carbons (Fsp3) is 0.304. The van der Waals surface area contributed by atoms with E-state index in [9.17, 15) is 14.7 Å². The number of aromatic hydroxyl groups is 1. The van der Waals surface area contributed by atoms with Crippen LogP contribution < -0.4 is 11.1 Å². The van der Waals surface area contributed by atoms with Gasteiger partial charge >= 0.3 is 0 Å². The van der Waals surface area contributed by atoms with Crippen molar-refractivity contribution in [3.8, 4) is 17.0 Å². The van der Waals surface area contributed by atoms with Gasteiger partial charge < -0.3 is 21.1 Å². The van der Waals surface area contributed by atoms with Crippen molar-refractivity contribution < 1.29 is 14.7 Å². The normalized spacial score (nSPS) is 17.3. The predicted octanol–water partition coefficient (Wildman–Crippen LogP) is 2.48. The third-order valence-corrected chi connectivity index (χ3v) is 6.31. The number of phenolic OH excluding ortho intramolecular Hbond substituents is 1. The number of nitrogens with zero attached hydrogens (tertiary/aromatic N) is 1. The van der Waals surface area contributed by atoms with E-state index in [0.717, 1.165) is 54.6 Å². The van der Waals surface area contributed by atoms with Gasteiger partial charge in [0.1, 0.15) is 5.75 Å². The van der Waals surface area contributed by atoms with Gasteiger partial charge in [-0.2, -0.15) is 0 Å². The zero-order chi connectivity index (χ0) is 20.8. The quantitative estimate of drug-likeness (QED) is 0.535. The maximum Gasteiger partial charge on any atom is 0.252 e. The van der Waals surface area contributed by atoms with E-state index >= 15 is 0 Å². The SMILES string of the molecule is NC(=O)C1CCN(Cc2ccc3[nH]c(-c4ccc(O)c5c4C(=O)NC5)cc3c2)CC1. The minimum Gasteiger partial charge on any atom is -0.508 e. The number of aromatic nitrogens is 1. The lowest BCUT2D eigenvalue weighted by molar-refractivity contribution is -0.123. The van der Waals surface area contributed by atoms with E-state index in [1.807, 2.05) is 0 Å². The molecule has 3 heterocycles. The number of nitrogens with one attached hydrogen (secondary N) is 2. The maximum atomic E-state index is 12.3. The molecule has 2 aromatic carbocycles. The first-order chi connectivity index (χ1) is 14.5. The topological polar surface area (TPSA) is 111 Å². The van der Waals surface area contributed by atoms with Gasteiger partial charge in [-0.3, -0.25) is 14.5 Å². The van der Waals surface area contributed by atoms with Crippen LogP contribution in [0.25, 0.3) is 22.2 Å². The Hall–Kier alpha value is -3.32. The fourth-order valence-corrected chi connectivity index (χ4v) is 4.62. The number of aromatic amines is 1. The summed E-state index contributed by atoms with van der Waals surface area (Å²) >= 11 is 0. The van der Waals surface area contributed by atoms with Gasteiger partial charge in [0.25, 0.3) is 5.91 Å². The number of benzene rings is 2. The first-order valence-corrected chi connectivity index (χ1v) is 10.3. The van der Waals surface area contributed by atoms with Crippen LogP contribution >= 0.6 is 0 Å². The molecule has 1 fully saturated rings. The van der Waals surface area contributed by atoms with Gasteiger partial charge in [-0.05, 0) is 61.8 Å². The highest BCUT2D eigenvalue weighted by molar-refractivity contribution is 6.05. The summed E-state index contributed by atoms with van der Waals surface area (Å²) in [6, 6.07) is 11.8. The van der Waals surface area contributed by atoms with Gasteiger partial charge in [-0.25, -0.2) is 0 Å². The molecule has 0 aliphatic carbocycles. The average Bonchev–Trinajstić information content (AvgIpc) is 3.33. The van der Waals surface area contributed by atoms with Gasteiger partial charge in [-0.15, -0.1) is 0 Å².